The van der Waals surface area contributed by atoms with Crippen LogP contribution in [0.15, 0.2) is 0 Å². The minimum absolute atomic E-state index is 0.0849. The van der Waals surface area contributed by atoms with Crippen molar-refractivity contribution in [2.75, 3.05) is 19.8 Å². The minimum Gasteiger partial charge on any atom is -0.351 e. The summed E-state index contributed by atoms with van der Waals surface area (Å²) in [7, 11) is 0. The molecule has 0 aromatic heterocycles. The van der Waals surface area contributed by atoms with Gasteiger partial charge in [-0.3, -0.25) is 0 Å². The SMILES string of the molecule is CCNC(C1CCC(C)CC1)C(OCC)OCC. The topological polar surface area (TPSA) is 30.5 Å². The number of hydrogen-bond donors (Lipinski definition) is 1. The molecule has 1 unspecified atom stereocenters. The van der Waals surface area contributed by atoms with Gasteiger partial charge in [-0.25, -0.2) is 0 Å². The normalized spacial score (nSPS) is 26.5. The van der Waals surface area contributed by atoms with Crippen LogP contribution >= 0.6 is 0 Å². The summed E-state index contributed by atoms with van der Waals surface area (Å²) in [4.78, 5) is 0. The molecule has 1 fully saturated rings. The van der Waals surface area contributed by atoms with Gasteiger partial charge in [-0.1, -0.05) is 26.7 Å². The van der Waals surface area contributed by atoms with E-state index in [1.54, 1.807) is 0 Å². The molecule has 0 bridgehead atoms. The Morgan fingerprint density at radius 1 is 1.00 bits per heavy atom. The van der Waals surface area contributed by atoms with Crippen LogP contribution in [0.3, 0.4) is 0 Å². The van der Waals surface area contributed by atoms with E-state index in [2.05, 4.69) is 19.2 Å². The molecule has 1 saturated carbocycles. The molecule has 0 amide bonds. The van der Waals surface area contributed by atoms with E-state index in [-0.39, 0.29) is 6.29 Å². The number of nitrogens with one attached hydrogen (secondary N) is 1. The monoisotopic (exact) mass is 257 g/mol. The van der Waals surface area contributed by atoms with Gasteiger partial charge in [0.1, 0.15) is 0 Å². The van der Waals surface area contributed by atoms with Crippen LogP contribution in [-0.2, 0) is 9.47 Å². The first-order chi connectivity index (χ1) is 8.72. The number of ether oxygens (including phenoxy) is 2. The highest BCUT2D eigenvalue weighted by atomic mass is 16.7. The van der Waals surface area contributed by atoms with Crippen molar-refractivity contribution >= 4 is 0 Å². The van der Waals surface area contributed by atoms with E-state index in [9.17, 15) is 0 Å². The molecule has 1 N–H and O–H groups in total. The second-order valence-corrected chi connectivity index (χ2v) is 5.38. The second kappa shape index (κ2) is 8.89. The zero-order valence-corrected chi connectivity index (χ0v) is 12.6. The lowest BCUT2D eigenvalue weighted by Crippen LogP contribution is -2.49. The molecule has 0 heterocycles. The molecule has 108 valence electrons. The first-order valence-electron chi connectivity index (χ1n) is 7.69. The van der Waals surface area contributed by atoms with Crippen LogP contribution in [0.2, 0.25) is 0 Å². The van der Waals surface area contributed by atoms with Gasteiger partial charge in [0.25, 0.3) is 0 Å². The lowest BCUT2D eigenvalue weighted by atomic mass is 9.79. The van der Waals surface area contributed by atoms with Crippen molar-refractivity contribution in [3.8, 4) is 0 Å². The molecule has 0 aromatic carbocycles. The Balaban J connectivity index is 2.59. The summed E-state index contributed by atoms with van der Waals surface area (Å²) >= 11 is 0. The fraction of sp³-hybridized carbons (Fsp3) is 1.00. The highest BCUT2D eigenvalue weighted by Crippen LogP contribution is 2.32. The van der Waals surface area contributed by atoms with E-state index >= 15 is 0 Å². The van der Waals surface area contributed by atoms with Crippen LogP contribution in [0.25, 0.3) is 0 Å². The molecular weight excluding hydrogens is 226 g/mol. The molecular formula is C15H31NO2. The molecule has 0 aliphatic heterocycles. The molecule has 1 aliphatic carbocycles. The van der Waals surface area contributed by atoms with E-state index in [1.807, 2.05) is 13.8 Å². The average molecular weight is 257 g/mol. The number of hydrogen-bond acceptors (Lipinski definition) is 3. The third-order valence-electron chi connectivity index (χ3n) is 3.96. The second-order valence-electron chi connectivity index (χ2n) is 5.38. The Morgan fingerprint density at radius 3 is 2.00 bits per heavy atom. The Labute approximate surface area is 113 Å². The number of likely N-dealkylation sites (N-methyl/N-ethyl adjacent to an activating group) is 1. The molecule has 0 radical (unpaired) electrons. The summed E-state index contributed by atoms with van der Waals surface area (Å²) < 4.78 is 11.6. The van der Waals surface area contributed by atoms with Gasteiger partial charge in [0.2, 0.25) is 0 Å². The Hall–Kier alpha value is -0.120. The van der Waals surface area contributed by atoms with Gasteiger partial charge in [0, 0.05) is 13.2 Å². The van der Waals surface area contributed by atoms with E-state index in [1.165, 1.54) is 25.7 Å². The fourth-order valence-corrected chi connectivity index (χ4v) is 2.95. The maximum Gasteiger partial charge on any atom is 0.172 e. The molecule has 0 saturated heterocycles. The van der Waals surface area contributed by atoms with E-state index in [4.69, 9.17) is 9.47 Å². The molecule has 0 aromatic rings. The van der Waals surface area contributed by atoms with Gasteiger partial charge in [-0.2, -0.15) is 0 Å². The van der Waals surface area contributed by atoms with Crippen LogP contribution in [0.1, 0.15) is 53.4 Å². The smallest absolute Gasteiger partial charge is 0.172 e. The lowest BCUT2D eigenvalue weighted by molar-refractivity contribution is -0.164. The summed E-state index contributed by atoms with van der Waals surface area (Å²) in [5, 5.41) is 3.59. The van der Waals surface area contributed by atoms with Gasteiger partial charge >= 0.3 is 0 Å². The van der Waals surface area contributed by atoms with Crippen molar-refractivity contribution in [1.29, 1.82) is 0 Å². The van der Waals surface area contributed by atoms with Gasteiger partial charge in [-0.15, -0.1) is 0 Å². The average Bonchev–Trinajstić information content (AvgIpc) is 2.37. The van der Waals surface area contributed by atoms with Crippen molar-refractivity contribution in [3.63, 3.8) is 0 Å². The van der Waals surface area contributed by atoms with Crippen molar-refractivity contribution in [2.45, 2.75) is 65.7 Å². The van der Waals surface area contributed by atoms with Crippen LogP contribution < -0.4 is 5.32 Å². The zero-order chi connectivity index (χ0) is 13.4. The van der Waals surface area contributed by atoms with E-state index in [0.29, 0.717) is 12.0 Å². The summed E-state index contributed by atoms with van der Waals surface area (Å²) in [5.74, 6) is 1.59. The van der Waals surface area contributed by atoms with Gasteiger partial charge in [0.05, 0.1) is 6.04 Å². The van der Waals surface area contributed by atoms with E-state index in [0.717, 1.165) is 25.7 Å². The maximum absolute atomic E-state index is 5.79. The molecule has 1 atom stereocenters. The Morgan fingerprint density at radius 2 is 1.56 bits per heavy atom. The maximum atomic E-state index is 5.79. The van der Waals surface area contributed by atoms with Crippen molar-refractivity contribution in [3.05, 3.63) is 0 Å². The molecule has 3 nitrogen and oxygen atoms in total. The van der Waals surface area contributed by atoms with Gasteiger partial charge < -0.3 is 14.8 Å². The summed E-state index contributed by atoms with van der Waals surface area (Å²) in [6.45, 7) is 11.0. The van der Waals surface area contributed by atoms with Crippen LogP contribution in [0, 0.1) is 11.8 Å². The van der Waals surface area contributed by atoms with Crippen LogP contribution in [0.5, 0.6) is 0 Å². The molecule has 18 heavy (non-hydrogen) atoms. The van der Waals surface area contributed by atoms with Crippen LogP contribution in [-0.4, -0.2) is 32.1 Å². The summed E-state index contributed by atoms with van der Waals surface area (Å²) in [6.07, 6.45) is 5.21. The highest BCUT2D eigenvalue weighted by Gasteiger charge is 2.32. The Kier molecular flexibility index (Phi) is 7.87. The molecule has 1 rings (SSSR count). The molecule has 1 aliphatic rings. The van der Waals surface area contributed by atoms with Crippen molar-refractivity contribution in [1.82, 2.24) is 5.32 Å². The third-order valence-corrected chi connectivity index (χ3v) is 3.96. The minimum atomic E-state index is -0.0849. The highest BCUT2D eigenvalue weighted by molar-refractivity contribution is 4.83. The molecule has 0 spiro atoms. The number of rotatable bonds is 8. The summed E-state index contributed by atoms with van der Waals surface area (Å²) in [6, 6.07) is 0.349. The quantitative estimate of drug-likeness (QED) is 0.677. The van der Waals surface area contributed by atoms with Crippen molar-refractivity contribution in [2.24, 2.45) is 11.8 Å². The standard InChI is InChI=1S/C15H31NO2/c1-5-16-14(15(17-6-2)18-7-3)13-10-8-12(4)9-11-13/h12-16H,5-11H2,1-4H3. The third kappa shape index (κ3) is 4.87. The lowest BCUT2D eigenvalue weighted by Gasteiger charge is -2.37. The largest absolute Gasteiger partial charge is 0.351 e. The molecule has 3 heteroatoms. The summed E-state index contributed by atoms with van der Waals surface area (Å²) in [5.41, 5.74) is 0. The van der Waals surface area contributed by atoms with E-state index < -0.39 is 0 Å². The predicted octanol–water partition coefficient (Wildman–Crippen LogP) is 3.19. The Bertz CT molecular complexity index is 197. The van der Waals surface area contributed by atoms with Gasteiger partial charge in [-0.05, 0) is 45.1 Å². The van der Waals surface area contributed by atoms with Crippen molar-refractivity contribution < 1.29 is 9.47 Å². The predicted molar refractivity (Wildman–Crippen MR) is 75.6 cm³/mol. The van der Waals surface area contributed by atoms with Crippen LogP contribution in [0.4, 0.5) is 0 Å². The van der Waals surface area contributed by atoms with Gasteiger partial charge in [0.15, 0.2) is 6.29 Å². The first kappa shape index (κ1) is 15.9. The zero-order valence-electron chi connectivity index (χ0n) is 12.6. The fourth-order valence-electron chi connectivity index (χ4n) is 2.95. The first-order valence-corrected chi connectivity index (χ1v) is 7.69.